The molecule has 0 bridgehead atoms. The molecule has 0 radical (unpaired) electrons. The molecular formula is C21H30N6O2. The lowest BCUT2D eigenvalue weighted by Crippen LogP contribution is -2.52. The molecule has 2 aromatic rings. The van der Waals surface area contributed by atoms with Crippen molar-refractivity contribution in [2.24, 2.45) is 5.73 Å². The minimum absolute atomic E-state index is 0.00536. The van der Waals surface area contributed by atoms with Crippen LogP contribution in [-0.2, 0) is 4.79 Å². The van der Waals surface area contributed by atoms with Crippen LogP contribution in [0.3, 0.4) is 0 Å². The number of piperidine rings is 1. The Hall–Kier alpha value is -2.45. The van der Waals surface area contributed by atoms with E-state index in [0.29, 0.717) is 23.5 Å². The van der Waals surface area contributed by atoms with Crippen LogP contribution in [0.15, 0.2) is 18.3 Å². The van der Waals surface area contributed by atoms with Crippen molar-refractivity contribution in [3.05, 3.63) is 29.5 Å². The first-order chi connectivity index (χ1) is 14.0. The summed E-state index contributed by atoms with van der Waals surface area (Å²) in [4.78, 5) is 29.3. The summed E-state index contributed by atoms with van der Waals surface area (Å²) in [7, 11) is 0. The number of aromatic amines is 1. The zero-order valence-electron chi connectivity index (χ0n) is 17.0. The number of benzene rings is 1. The van der Waals surface area contributed by atoms with E-state index in [-0.39, 0.29) is 11.8 Å². The number of hydrogen-bond acceptors (Lipinski definition) is 5. The van der Waals surface area contributed by atoms with Crippen molar-refractivity contribution < 1.29 is 9.59 Å². The van der Waals surface area contributed by atoms with Gasteiger partial charge in [0.25, 0.3) is 5.91 Å². The first-order valence-electron chi connectivity index (χ1n) is 10.5. The number of nitrogens with one attached hydrogen (secondary N) is 2. The second-order valence-electron chi connectivity index (χ2n) is 8.27. The van der Waals surface area contributed by atoms with E-state index in [2.05, 4.69) is 20.4 Å². The number of carbonyl (C=O) groups is 2. The SMILES string of the molecule is CC(CC(=O)N1CCC(N2CCNCC2)CC1)c1cc(C(N)=O)c2[nH]ncc2c1. The van der Waals surface area contributed by atoms with E-state index >= 15 is 0 Å². The molecular weight excluding hydrogens is 368 g/mol. The average molecular weight is 399 g/mol. The number of rotatable bonds is 5. The number of nitrogens with zero attached hydrogens (tertiary/aromatic N) is 3. The molecule has 4 N–H and O–H groups in total. The van der Waals surface area contributed by atoms with Crippen molar-refractivity contribution in [2.45, 2.75) is 38.1 Å². The Bertz CT molecular complexity index is 880. The van der Waals surface area contributed by atoms with Crippen LogP contribution in [0.2, 0.25) is 0 Å². The van der Waals surface area contributed by atoms with Gasteiger partial charge in [-0.1, -0.05) is 6.92 Å². The fourth-order valence-corrected chi connectivity index (χ4v) is 4.60. The molecule has 0 spiro atoms. The number of aromatic nitrogens is 2. The smallest absolute Gasteiger partial charge is 0.250 e. The fraction of sp³-hybridized carbons (Fsp3) is 0.571. The third kappa shape index (κ3) is 4.28. The molecule has 2 aliphatic heterocycles. The Morgan fingerprint density at radius 1 is 1.21 bits per heavy atom. The second-order valence-corrected chi connectivity index (χ2v) is 8.27. The van der Waals surface area contributed by atoms with Crippen molar-refractivity contribution in [3.8, 4) is 0 Å². The third-order valence-corrected chi connectivity index (χ3v) is 6.37. The van der Waals surface area contributed by atoms with Crippen LogP contribution in [0, 0.1) is 0 Å². The summed E-state index contributed by atoms with van der Waals surface area (Å²) >= 11 is 0. The highest BCUT2D eigenvalue weighted by molar-refractivity contribution is 6.05. The lowest BCUT2D eigenvalue weighted by molar-refractivity contribution is -0.133. The molecule has 3 heterocycles. The maximum Gasteiger partial charge on any atom is 0.250 e. The molecule has 0 saturated carbocycles. The summed E-state index contributed by atoms with van der Waals surface area (Å²) in [5.41, 5.74) is 7.54. The monoisotopic (exact) mass is 398 g/mol. The summed E-state index contributed by atoms with van der Waals surface area (Å²) in [5.74, 6) is -0.301. The molecule has 1 aromatic heterocycles. The summed E-state index contributed by atoms with van der Waals surface area (Å²) in [6.45, 7) is 8.01. The third-order valence-electron chi connectivity index (χ3n) is 6.37. The van der Waals surface area contributed by atoms with Crippen molar-refractivity contribution in [1.82, 2.24) is 25.3 Å². The summed E-state index contributed by atoms with van der Waals surface area (Å²) in [5, 5.41) is 11.1. The second kappa shape index (κ2) is 8.51. The maximum atomic E-state index is 12.9. The highest BCUT2D eigenvalue weighted by atomic mass is 16.2. The Morgan fingerprint density at radius 3 is 2.62 bits per heavy atom. The Balaban J connectivity index is 1.37. The van der Waals surface area contributed by atoms with E-state index in [0.717, 1.165) is 63.1 Å². The highest BCUT2D eigenvalue weighted by Gasteiger charge is 2.28. The van der Waals surface area contributed by atoms with Gasteiger partial charge in [0.1, 0.15) is 0 Å². The lowest BCUT2D eigenvalue weighted by Gasteiger charge is -2.40. The van der Waals surface area contributed by atoms with E-state index in [1.54, 1.807) is 12.3 Å². The molecule has 0 aliphatic carbocycles. The summed E-state index contributed by atoms with van der Waals surface area (Å²) < 4.78 is 0. The lowest BCUT2D eigenvalue weighted by atomic mass is 9.93. The van der Waals surface area contributed by atoms with E-state index < -0.39 is 5.91 Å². The van der Waals surface area contributed by atoms with Crippen LogP contribution < -0.4 is 11.1 Å². The fourth-order valence-electron chi connectivity index (χ4n) is 4.60. The highest BCUT2D eigenvalue weighted by Crippen LogP contribution is 2.27. The normalized spacial score (nSPS) is 20.1. The Labute approximate surface area is 170 Å². The summed E-state index contributed by atoms with van der Waals surface area (Å²) in [6, 6.07) is 4.37. The number of hydrogen-bond donors (Lipinski definition) is 3. The number of amides is 2. The van der Waals surface area contributed by atoms with Crippen molar-refractivity contribution in [2.75, 3.05) is 39.3 Å². The number of likely N-dealkylation sites (tertiary alicyclic amines) is 1. The van der Waals surface area contributed by atoms with Gasteiger partial charge in [-0.3, -0.25) is 19.6 Å². The molecule has 8 nitrogen and oxygen atoms in total. The molecule has 156 valence electrons. The zero-order valence-corrected chi connectivity index (χ0v) is 17.0. The molecule has 2 saturated heterocycles. The summed E-state index contributed by atoms with van der Waals surface area (Å²) in [6.07, 6.45) is 4.21. The van der Waals surface area contributed by atoms with Gasteiger partial charge in [-0.05, 0) is 36.5 Å². The van der Waals surface area contributed by atoms with Gasteiger partial charge in [-0.25, -0.2) is 0 Å². The molecule has 29 heavy (non-hydrogen) atoms. The number of piperazine rings is 1. The van der Waals surface area contributed by atoms with Gasteiger partial charge in [0.05, 0.1) is 17.3 Å². The number of nitrogens with two attached hydrogens (primary N) is 1. The largest absolute Gasteiger partial charge is 0.366 e. The minimum Gasteiger partial charge on any atom is -0.366 e. The van der Waals surface area contributed by atoms with Crippen LogP contribution in [0.1, 0.15) is 48.0 Å². The van der Waals surface area contributed by atoms with E-state index in [1.165, 1.54) is 0 Å². The molecule has 8 heteroatoms. The molecule has 1 unspecified atom stereocenters. The molecule has 1 aromatic carbocycles. The van der Waals surface area contributed by atoms with Crippen LogP contribution >= 0.6 is 0 Å². The van der Waals surface area contributed by atoms with Gasteiger partial charge in [0, 0.05) is 57.1 Å². The number of H-pyrrole nitrogens is 1. The van der Waals surface area contributed by atoms with Crippen molar-refractivity contribution >= 4 is 22.7 Å². The zero-order chi connectivity index (χ0) is 20.4. The van der Waals surface area contributed by atoms with Gasteiger partial charge >= 0.3 is 0 Å². The molecule has 1 atom stereocenters. The topological polar surface area (TPSA) is 107 Å². The predicted molar refractivity (Wildman–Crippen MR) is 112 cm³/mol. The standard InChI is InChI=1S/C21H30N6O2/c1-14(15-11-16-13-24-25-20(16)18(12-15)21(22)29)10-19(28)27-6-2-17(3-7-27)26-8-4-23-5-9-26/h11-14,17,23H,2-10H2,1H3,(H2,22,29)(H,24,25). The van der Waals surface area contributed by atoms with Crippen LogP contribution in [0.5, 0.6) is 0 Å². The average Bonchev–Trinajstić information content (AvgIpc) is 3.22. The predicted octanol–water partition coefficient (Wildman–Crippen LogP) is 1.05. The van der Waals surface area contributed by atoms with E-state index in [4.69, 9.17) is 5.73 Å². The van der Waals surface area contributed by atoms with Gasteiger partial charge in [0.2, 0.25) is 5.91 Å². The Morgan fingerprint density at radius 2 is 1.93 bits per heavy atom. The van der Waals surface area contributed by atoms with Crippen LogP contribution in [0.4, 0.5) is 0 Å². The molecule has 2 fully saturated rings. The van der Waals surface area contributed by atoms with E-state index in [9.17, 15) is 9.59 Å². The maximum absolute atomic E-state index is 12.9. The van der Waals surface area contributed by atoms with Gasteiger partial charge < -0.3 is 16.0 Å². The number of carbonyl (C=O) groups excluding carboxylic acids is 2. The van der Waals surface area contributed by atoms with Crippen molar-refractivity contribution in [3.63, 3.8) is 0 Å². The van der Waals surface area contributed by atoms with Gasteiger partial charge in [0.15, 0.2) is 0 Å². The molecule has 2 amide bonds. The quantitative estimate of drug-likeness (QED) is 0.698. The van der Waals surface area contributed by atoms with E-state index in [1.807, 2.05) is 17.9 Å². The first kappa shape index (κ1) is 19.8. The van der Waals surface area contributed by atoms with Crippen LogP contribution in [0.25, 0.3) is 10.9 Å². The Kier molecular flexibility index (Phi) is 5.82. The van der Waals surface area contributed by atoms with Crippen LogP contribution in [-0.4, -0.2) is 77.1 Å². The first-order valence-corrected chi connectivity index (χ1v) is 10.5. The minimum atomic E-state index is -0.491. The number of fused-ring (bicyclic) bond motifs is 1. The number of primary amides is 1. The molecule has 4 rings (SSSR count). The molecule has 2 aliphatic rings. The van der Waals surface area contributed by atoms with Gasteiger partial charge in [-0.15, -0.1) is 0 Å². The van der Waals surface area contributed by atoms with Gasteiger partial charge in [-0.2, -0.15) is 5.10 Å². The van der Waals surface area contributed by atoms with Crippen molar-refractivity contribution in [1.29, 1.82) is 0 Å².